The smallest absolute Gasteiger partial charge is 0.0513 e. The van der Waals surface area contributed by atoms with Crippen molar-refractivity contribution in [2.75, 3.05) is 13.2 Å². The van der Waals surface area contributed by atoms with Crippen LogP contribution in [0.3, 0.4) is 0 Å². The molecule has 0 spiro atoms. The molecule has 1 saturated heterocycles. The van der Waals surface area contributed by atoms with E-state index in [1.807, 2.05) is 0 Å². The van der Waals surface area contributed by atoms with Crippen LogP contribution in [0, 0.1) is 11.8 Å². The van der Waals surface area contributed by atoms with Crippen molar-refractivity contribution in [3.63, 3.8) is 0 Å². The Morgan fingerprint density at radius 3 is 2.14 bits per heavy atom. The van der Waals surface area contributed by atoms with E-state index < -0.39 is 0 Å². The summed E-state index contributed by atoms with van der Waals surface area (Å²) in [5.41, 5.74) is 5.59. The van der Waals surface area contributed by atoms with Crippen LogP contribution in [0.1, 0.15) is 0 Å². The Morgan fingerprint density at radius 2 is 1.86 bits per heavy atom. The molecule has 0 aromatic carbocycles. The molecule has 2 aliphatic rings. The lowest BCUT2D eigenvalue weighted by Gasteiger charge is -1.93. The van der Waals surface area contributed by atoms with Crippen LogP contribution in [0.2, 0.25) is 0 Å². The third-order valence-electron chi connectivity index (χ3n) is 2.02. The summed E-state index contributed by atoms with van der Waals surface area (Å²) in [5.74, 6) is 1.47. The van der Waals surface area contributed by atoms with Crippen molar-refractivity contribution in [3.8, 4) is 0 Å². The first-order valence-electron chi connectivity index (χ1n) is 2.73. The van der Waals surface area contributed by atoms with Crippen molar-refractivity contribution in [2.45, 2.75) is 6.04 Å². The highest BCUT2D eigenvalue weighted by Crippen LogP contribution is 2.41. The van der Waals surface area contributed by atoms with Gasteiger partial charge in [-0.3, -0.25) is 0 Å². The lowest BCUT2D eigenvalue weighted by atomic mass is 10.4. The Labute approximate surface area is 42.6 Å². The highest BCUT2D eigenvalue weighted by Gasteiger charge is 2.51. The van der Waals surface area contributed by atoms with Crippen LogP contribution in [0.15, 0.2) is 0 Å². The van der Waals surface area contributed by atoms with Crippen LogP contribution in [-0.4, -0.2) is 19.3 Å². The molecule has 0 unspecified atom stereocenters. The van der Waals surface area contributed by atoms with Crippen LogP contribution < -0.4 is 5.73 Å². The standard InChI is InChI=1S/C5H9NO/c6-5-3-1-7-2-4(3)5/h3-5H,1-2,6H2/t3-,4+,5-. The van der Waals surface area contributed by atoms with Gasteiger partial charge in [0.15, 0.2) is 0 Å². The van der Waals surface area contributed by atoms with Crippen molar-refractivity contribution >= 4 is 0 Å². The van der Waals surface area contributed by atoms with Gasteiger partial charge in [0.05, 0.1) is 13.2 Å². The third kappa shape index (κ3) is 0.359. The summed E-state index contributed by atoms with van der Waals surface area (Å²) in [4.78, 5) is 0. The van der Waals surface area contributed by atoms with Gasteiger partial charge in [-0.2, -0.15) is 0 Å². The predicted octanol–water partition coefficient (Wildman–Crippen LogP) is -0.410. The second-order valence-corrected chi connectivity index (χ2v) is 2.44. The maximum atomic E-state index is 5.59. The summed E-state index contributed by atoms with van der Waals surface area (Å²) in [6, 6.07) is 0.494. The number of ether oxygens (including phenoxy) is 1. The zero-order valence-corrected chi connectivity index (χ0v) is 4.13. The van der Waals surface area contributed by atoms with Gasteiger partial charge in [-0.05, 0) is 0 Å². The van der Waals surface area contributed by atoms with Gasteiger partial charge in [0.2, 0.25) is 0 Å². The van der Waals surface area contributed by atoms with Gasteiger partial charge in [0.25, 0.3) is 0 Å². The Morgan fingerprint density at radius 1 is 1.29 bits per heavy atom. The van der Waals surface area contributed by atoms with Crippen molar-refractivity contribution in [2.24, 2.45) is 17.6 Å². The molecule has 1 aliphatic carbocycles. The lowest BCUT2D eigenvalue weighted by molar-refractivity contribution is 0.160. The van der Waals surface area contributed by atoms with Gasteiger partial charge in [0.1, 0.15) is 0 Å². The van der Waals surface area contributed by atoms with Crippen LogP contribution in [-0.2, 0) is 4.74 Å². The molecule has 2 nitrogen and oxygen atoms in total. The van der Waals surface area contributed by atoms with E-state index in [4.69, 9.17) is 10.5 Å². The summed E-state index contributed by atoms with van der Waals surface area (Å²) in [7, 11) is 0. The largest absolute Gasteiger partial charge is 0.381 e. The van der Waals surface area contributed by atoms with Crippen LogP contribution in [0.5, 0.6) is 0 Å². The highest BCUT2D eigenvalue weighted by atomic mass is 16.5. The number of nitrogens with two attached hydrogens (primary N) is 1. The minimum Gasteiger partial charge on any atom is -0.381 e. The molecule has 2 heteroatoms. The zero-order chi connectivity index (χ0) is 4.85. The molecule has 0 bridgehead atoms. The molecule has 2 rings (SSSR count). The second-order valence-electron chi connectivity index (χ2n) is 2.44. The predicted molar refractivity (Wildman–Crippen MR) is 25.8 cm³/mol. The summed E-state index contributed by atoms with van der Waals surface area (Å²) >= 11 is 0. The molecule has 1 saturated carbocycles. The van der Waals surface area contributed by atoms with Gasteiger partial charge in [-0.25, -0.2) is 0 Å². The van der Waals surface area contributed by atoms with Crippen LogP contribution in [0.4, 0.5) is 0 Å². The second kappa shape index (κ2) is 1.01. The molecule has 0 aromatic rings. The summed E-state index contributed by atoms with van der Waals surface area (Å²) in [5, 5.41) is 0. The van der Waals surface area contributed by atoms with Crippen molar-refractivity contribution in [1.29, 1.82) is 0 Å². The molecule has 40 valence electrons. The molecular weight excluding hydrogens is 90.1 g/mol. The number of fused-ring (bicyclic) bond motifs is 1. The molecule has 0 aromatic heterocycles. The Hall–Kier alpha value is -0.0800. The fraction of sp³-hybridized carbons (Fsp3) is 1.00. The first-order chi connectivity index (χ1) is 3.39. The normalized spacial score (nSPS) is 57.0. The van der Waals surface area contributed by atoms with Gasteiger partial charge < -0.3 is 10.5 Å². The minimum absolute atomic E-state index is 0.494. The molecule has 1 heterocycles. The molecule has 1 aliphatic heterocycles. The number of rotatable bonds is 0. The average Bonchev–Trinajstić information content (AvgIpc) is 2.26. The molecular formula is C5H9NO. The lowest BCUT2D eigenvalue weighted by Crippen LogP contribution is -2.11. The monoisotopic (exact) mass is 99.1 g/mol. The summed E-state index contributed by atoms with van der Waals surface area (Å²) in [6.07, 6.45) is 0. The topological polar surface area (TPSA) is 35.2 Å². The minimum atomic E-state index is 0.494. The number of hydrogen-bond donors (Lipinski definition) is 1. The third-order valence-corrected chi connectivity index (χ3v) is 2.02. The van der Waals surface area contributed by atoms with Crippen molar-refractivity contribution in [1.82, 2.24) is 0 Å². The van der Waals surface area contributed by atoms with Gasteiger partial charge in [-0.15, -0.1) is 0 Å². The zero-order valence-electron chi connectivity index (χ0n) is 4.13. The maximum absolute atomic E-state index is 5.59. The maximum Gasteiger partial charge on any atom is 0.0513 e. The molecule has 2 N–H and O–H groups in total. The summed E-state index contributed by atoms with van der Waals surface area (Å²) < 4.78 is 5.10. The number of hydrogen-bond acceptors (Lipinski definition) is 2. The Kier molecular flexibility index (Phi) is 0.557. The fourth-order valence-electron chi connectivity index (χ4n) is 1.28. The van der Waals surface area contributed by atoms with E-state index in [0.29, 0.717) is 6.04 Å². The van der Waals surface area contributed by atoms with E-state index in [9.17, 15) is 0 Å². The molecule has 3 atom stereocenters. The molecule has 2 fully saturated rings. The van der Waals surface area contributed by atoms with Crippen molar-refractivity contribution < 1.29 is 4.74 Å². The first-order valence-corrected chi connectivity index (χ1v) is 2.73. The van der Waals surface area contributed by atoms with Gasteiger partial charge in [-0.1, -0.05) is 0 Å². The Bertz CT molecular complexity index is 84.1. The molecule has 0 amide bonds. The molecule has 0 radical (unpaired) electrons. The van der Waals surface area contributed by atoms with Crippen LogP contribution >= 0.6 is 0 Å². The fourth-order valence-corrected chi connectivity index (χ4v) is 1.28. The van der Waals surface area contributed by atoms with E-state index in [1.54, 1.807) is 0 Å². The van der Waals surface area contributed by atoms with Gasteiger partial charge >= 0.3 is 0 Å². The van der Waals surface area contributed by atoms with Crippen LogP contribution in [0.25, 0.3) is 0 Å². The van der Waals surface area contributed by atoms with E-state index in [0.717, 1.165) is 25.0 Å². The SMILES string of the molecule is N[C@H]1[C@H]2COC[C@@H]12. The quantitative estimate of drug-likeness (QED) is 0.448. The highest BCUT2D eigenvalue weighted by molar-refractivity contribution is 5.03. The van der Waals surface area contributed by atoms with E-state index in [-0.39, 0.29) is 0 Å². The molecule has 7 heavy (non-hydrogen) atoms. The first kappa shape index (κ1) is 3.87. The van der Waals surface area contributed by atoms with E-state index >= 15 is 0 Å². The van der Waals surface area contributed by atoms with Gasteiger partial charge in [0, 0.05) is 17.9 Å². The summed E-state index contributed by atoms with van der Waals surface area (Å²) in [6.45, 7) is 1.84. The van der Waals surface area contributed by atoms with Crippen molar-refractivity contribution in [3.05, 3.63) is 0 Å². The average molecular weight is 99.1 g/mol. The van der Waals surface area contributed by atoms with E-state index in [1.165, 1.54) is 0 Å². The Balaban J connectivity index is 2.06. The van der Waals surface area contributed by atoms with E-state index in [2.05, 4.69) is 0 Å².